The van der Waals surface area contributed by atoms with Gasteiger partial charge in [0.15, 0.2) is 0 Å². The molecule has 1 aliphatic heterocycles. The molecule has 3 heteroatoms. The first kappa shape index (κ1) is 17.2. The minimum Gasteiger partial charge on any atom is -0.376 e. The van der Waals surface area contributed by atoms with Gasteiger partial charge in [0.1, 0.15) is 0 Å². The second-order valence-corrected chi connectivity index (χ2v) is 7.37. The highest BCUT2D eigenvalue weighted by molar-refractivity contribution is 4.98. The van der Waals surface area contributed by atoms with Crippen LogP contribution >= 0.6 is 0 Å². The summed E-state index contributed by atoms with van der Waals surface area (Å²) >= 11 is 0. The van der Waals surface area contributed by atoms with Crippen LogP contribution in [0.4, 0.5) is 0 Å². The van der Waals surface area contributed by atoms with E-state index in [0.717, 1.165) is 25.6 Å². The first-order valence-corrected chi connectivity index (χ1v) is 9.23. The standard InChI is InChI=1S/C18H36N2O/c1-4-7-16-8-6-10-18(14-19,11-9-16)20-12-15(3)21-13-17(20)5-2/h15-17H,4-14,19H2,1-3H3. The lowest BCUT2D eigenvalue weighted by molar-refractivity contribution is -0.103. The van der Waals surface area contributed by atoms with Crippen molar-refractivity contribution in [2.24, 2.45) is 11.7 Å². The van der Waals surface area contributed by atoms with Crippen LogP contribution in [0.3, 0.4) is 0 Å². The molecule has 2 aliphatic rings. The van der Waals surface area contributed by atoms with E-state index in [1.807, 2.05) is 0 Å². The third-order valence-corrected chi connectivity index (χ3v) is 5.90. The number of hydrogen-bond acceptors (Lipinski definition) is 3. The fourth-order valence-electron chi connectivity index (χ4n) is 4.53. The summed E-state index contributed by atoms with van der Waals surface area (Å²) in [5.41, 5.74) is 6.58. The van der Waals surface area contributed by atoms with Gasteiger partial charge in [-0.3, -0.25) is 4.90 Å². The topological polar surface area (TPSA) is 38.5 Å². The molecule has 0 aromatic carbocycles. The minimum atomic E-state index is 0.237. The molecule has 2 fully saturated rings. The van der Waals surface area contributed by atoms with Crippen LogP contribution < -0.4 is 5.73 Å². The normalized spacial score (nSPS) is 39.1. The summed E-state index contributed by atoms with van der Waals surface area (Å²) in [6.45, 7) is 9.58. The van der Waals surface area contributed by atoms with Crippen LogP contribution in [0.15, 0.2) is 0 Å². The summed E-state index contributed by atoms with van der Waals surface area (Å²) < 4.78 is 5.90. The third-order valence-electron chi connectivity index (χ3n) is 5.90. The lowest BCUT2D eigenvalue weighted by Crippen LogP contribution is -2.62. The van der Waals surface area contributed by atoms with E-state index in [1.54, 1.807) is 0 Å². The molecule has 0 radical (unpaired) electrons. The summed E-state index contributed by atoms with van der Waals surface area (Å²) in [5.74, 6) is 0.932. The molecule has 1 saturated heterocycles. The lowest BCUT2D eigenvalue weighted by atomic mass is 9.84. The molecular formula is C18H36N2O. The first-order valence-electron chi connectivity index (χ1n) is 9.23. The molecule has 0 bridgehead atoms. The zero-order valence-corrected chi connectivity index (χ0v) is 14.4. The van der Waals surface area contributed by atoms with Crippen LogP contribution in [0.5, 0.6) is 0 Å². The molecule has 1 heterocycles. The minimum absolute atomic E-state index is 0.237. The van der Waals surface area contributed by atoms with Crippen LogP contribution in [0.1, 0.15) is 72.1 Å². The SMILES string of the molecule is CCCC1CCCC(CN)(N2CC(C)OCC2CC)CC1. The number of ether oxygens (including phenoxy) is 1. The first-order chi connectivity index (χ1) is 10.1. The van der Waals surface area contributed by atoms with E-state index in [-0.39, 0.29) is 5.54 Å². The Labute approximate surface area is 131 Å². The zero-order valence-electron chi connectivity index (χ0n) is 14.4. The highest BCUT2D eigenvalue weighted by atomic mass is 16.5. The molecule has 2 N–H and O–H groups in total. The number of rotatable bonds is 5. The van der Waals surface area contributed by atoms with Crippen LogP contribution in [0.25, 0.3) is 0 Å². The Kier molecular flexibility index (Phi) is 6.51. The van der Waals surface area contributed by atoms with Crippen molar-refractivity contribution < 1.29 is 4.74 Å². The third kappa shape index (κ3) is 4.00. The molecule has 0 amide bonds. The Hall–Kier alpha value is -0.120. The maximum atomic E-state index is 6.34. The molecule has 0 spiro atoms. The van der Waals surface area contributed by atoms with Crippen molar-refractivity contribution >= 4 is 0 Å². The molecule has 3 nitrogen and oxygen atoms in total. The fourth-order valence-corrected chi connectivity index (χ4v) is 4.53. The van der Waals surface area contributed by atoms with Gasteiger partial charge in [-0.15, -0.1) is 0 Å². The number of morpholine rings is 1. The highest BCUT2D eigenvalue weighted by Gasteiger charge is 2.42. The van der Waals surface area contributed by atoms with Gasteiger partial charge < -0.3 is 10.5 Å². The van der Waals surface area contributed by atoms with Gasteiger partial charge in [0.2, 0.25) is 0 Å². The van der Waals surface area contributed by atoms with E-state index in [2.05, 4.69) is 25.7 Å². The second-order valence-electron chi connectivity index (χ2n) is 7.37. The largest absolute Gasteiger partial charge is 0.376 e. The van der Waals surface area contributed by atoms with Crippen molar-refractivity contribution in [1.82, 2.24) is 4.90 Å². The summed E-state index contributed by atoms with van der Waals surface area (Å²) in [6, 6.07) is 0.562. The van der Waals surface area contributed by atoms with E-state index in [4.69, 9.17) is 10.5 Å². The molecule has 0 aromatic rings. The van der Waals surface area contributed by atoms with Gasteiger partial charge in [0.25, 0.3) is 0 Å². The van der Waals surface area contributed by atoms with Crippen molar-refractivity contribution in [3.05, 3.63) is 0 Å². The Morgan fingerprint density at radius 3 is 2.71 bits per heavy atom. The number of hydrogen-bond donors (Lipinski definition) is 1. The molecule has 2 rings (SSSR count). The summed E-state index contributed by atoms with van der Waals surface area (Å²) in [4.78, 5) is 2.75. The van der Waals surface area contributed by atoms with Crippen molar-refractivity contribution in [3.63, 3.8) is 0 Å². The van der Waals surface area contributed by atoms with Crippen molar-refractivity contribution in [3.8, 4) is 0 Å². The molecule has 0 aromatic heterocycles. The predicted molar refractivity (Wildman–Crippen MR) is 89.5 cm³/mol. The van der Waals surface area contributed by atoms with E-state index >= 15 is 0 Å². The molecule has 1 saturated carbocycles. The molecular weight excluding hydrogens is 260 g/mol. The quantitative estimate of drug-likeness (QED) is 0.788. The second kappa shape index (κ2) is 7.94. The zero-order chi connectivity index (χ0) is 15.3. The molecule has 4 unspecified atom stereocenters. The number of nitrogens with two attached hydrogens (primary N) is 1. The van der Waals surface area contributed by atoms with Crippen LogP contribution in [0, 0.1) is 5.92 Å². The Balaban J connectivity index is 2.11. The summed E-state index contributed by atoms with van der Waals surface area (Å²) in [5, 5.41) is 0. The van der Waals surface area contributed by atoms with Gasteiger partial charge in [-0.25, -0.2) is 0 Å². The van der Waals surface area contributed by atoms with Crippen molar-refractivity contribution in [2.45, 2.75) is 89.8 Å². The van der Waals surface area contributed by atoms with Gasteiger partial charge in [-0.2, -0.15) is 0 Å². The Morgan fingerprint density at radius 2 is 2.05 bits per heavy atom. The van der Waals surface area contributed by atoms with E-state index in [1.165, 1.54) is 51.4 Å². The Morgan fingerprint density at radius 1 is 1.24 bits per heavy atom. The summed E-state index contributed by atoms with van der Waals surface area (Å²) in [7, 11) is 0. The predicted octanol–water partition coefficient (Wildman–Crippen LogP) is 3.56. The van der Waals surface area contributed by atoms with Gasteiger partial charge in [0, 0.05) is 24.7 Å². The van der Waals surface area contributed by atoms with Crippen LogP contribution in [-0.4, -0.2) is 42.3 Å². The van der Waals surface area contributed by atoms with Gasteiger partial charge in [-0.1, -0.05) is 39.5 Å². The number of nitrogens with zero attached hydrogens (tertiary/aromatic N) is 1. The lowest BCUT2D eigenvalue weighted by Gasteiger charge is -2.51. The maximum Gasteiger partial charge on any atom is 0.0675 e. The average Bonchev–Trinajstić information content (AvgIpc) is 2.71. The van der Waals surface area contributed by atoms with Crippen LogP contribution in [-0.2, 0) is 4.74 Å². The molecule has 21 heavy (non-hydrogen) atoms. The van der Waals surface area contributed by atoms with Gasteiger partial charge >= 0.3 is 0 Å². The average molecular weight is 296 g/mol. The van der Waals surface area contributed by atoms with E-state index < -0.39 is 0 Å². The smallest absolute Gasteiger partial charge is 0.0675 e. The van der Waals surface area contributed by atoms with Crippen molar-refractivity contribution in [1.29, 1.82) is 0 Å². The fraction of sp³-hybridized carbons (Fsp3) is 1.00. The maximum absolute atomic E-state index is 6.34. The molecule has 1 aliphatic carbocycles. The summed E-state index contributed by atoms with van der Waals surface area (Å²) in [6.07, 6.45) is 11.0. The van der Waals surface area contributed by atoms with Gasteiger partial charge in [0.05, 0.1) is 12.7 Å². The van der Waals surface area contributed by atoms with E-state index in [0.29, 0.717) is 12.1 Å². The molecule has 124 valence electrons. The monoisotopic (exact) mass is 296 g/mol. The highest BCUT2D eigenvalue weighted by Crippen LogP contribution is 2.38. The van der Waals surface area contributed by atoms with Crippen molar-refractivity contribution in [2.75, 3.05) is 19.7 Å². The molecule has 4 atom stereocenters. The van der Waals surface area contributed by atoms with Gasteiger partial charge in [-0.05, 0) is 38.5 Å². The van der Waals surface area contributed by atoms with Crippen LogP contribution in [0.2, 0.25) is 0 Å². The van der Waals surface area contributed by atoms with E-state index in [9.17, 15) is 0 Å². The Bertz CT molecular complexity index is 310.